The van der Waals surface area contributed by atoms with E-state index in [1.54, 1.807) is 14.2 Å². The van der Waals surface area contributed by atoms with Gasteiger partial charge in [-0.05, 0) is 57.2 Å². The van der Waals surface area contributed by atoms with Crippen LogP contribution < -0.4 is 14.8 Å². The molecule has 0 radical (unpaired) electrons. The summed E-state index contributed by atoms with van der Waals surface area (Å²) in [5.74, 6) is 2.41. The number of hydrogen-bond donors (Lipinski definition) is 1. The lowest BCUT2D eigenvalue weighted by atomic mass is 9.59. The van der Waals surface area contributed by atoms with Crippen molar-refractivity contribution in [1.29, 1.82) is 0 Å². The van der Waals surface area contributed by atoms with Crippen LogP contribution in [0.25, 0.3) is 0 Å². The zero-order valence-electron chi connectivity index (χ0n) is 14.2. The van der Waals surface area contributed by atoms with Gasteiger partial charge in [0.2, 0.25) is 0 Å². The summed E-state index contributed by atoms with van der Waals surface area (Å²) in [5.41, 5.74) is 1.73. The van der Waals surface area contributed by atoms with E-state index in [-0.39, 0.29) is 11.0 Å². The smallest absolute Gasteiger partial charge is 0.161 e. The van der Waals surface area contributed by atoms with Crippen LogP contribution in [0.1, 0.15) is 46.1 Å². The minimum absolute atomic E-state index is 0.141. The van der Waals surface area contributed by atoms with E-state index in [2.05, 4.69) is 45.1 Å². The van der Waals surface area contributed by atoms with Crippen LogP contribution >= 0.6 is 0 Å². The molecule has 21 heavy (non-hydrogen) atoms. The highest BCUT2D eigenvalue weighted by Crippen LogP contribution is 2.49. The van der Waals surface area contributed by atoms with Crippen LogP contribution in [0.4, 0.5) is 0 Å². The van der Waals surface area contributed by atoms with Gasteiger partial charge in [0.1, 0.15) is 0 Å². The molecule has 1 saturated carbocycles. The Kier molecular flexibility index (Phi) is 4.52. The van der Waals surface area contributed by atoms with Crippen molar-refractivity contribution in [2.45, 2.75) is 51.5 Å². The average molecular weight is 291 g/mol. The molecule has 1 fully saturated rings. The lowest BCUT2D eigenvalue weighted by molar-refractivity contribution is 0.141. The van der Waals surface area contributed by atoms with E-state index in [1.807, 2.05) is 6.07 Å². The van der Waals surface area contributed by atoms with Gasteiger partial charge >= 0.3 is 0 Å². The molecule has 3 heteroatoms. The highest BCUT2D eigenvalue weighted by atomic mass is 16.5. The first-order valence-electron chi connectivity index (χ1n) is 7.77. The predicted octanol–water partition coefficient (Wildman–Crippen LogP) is 3.76. The maximum atomic E-state index is 5.47. The van der Waals surface area contributed by atoms with Crippen molar-refractivity contribution in [2.24, 2.45) is 5.92 Å². The number of nitrogens with one attached hydrogen (secondary N) is 1. The molecule has 0 atom stereocenters. The molecule has 0 saturated heterocycles. The van der Waals surface area contributed by atoms with E-state index >= 15 is 0 Å². The van der Waals surface area contributed by atoms with Crippen molar-refractivity contribution in [2.75, 3.05) is 20.8 Å². The molecule has 1 N–H and O–H groups in total. The number of ether oxygens (including phenoxy) is 2. The van der Waals surface area contributed by atoms with E-state index in [1.165, 1.54) is 18.4 Å². The van der Waals surface area contributed by atoms with Gasteiger partial charge in [0.25, 0.3) is 0 Å². The summed E-state index contributed by atoms with van der Waals surface area (Å²) in [6, 6.07) is 6.36. The summed E-state index contributed by atoms with van der Waals surface area (Å²) in [4.78, 5) is 0. The normalized spacial score (nSPS) is 25.3. The van der Waals surface area contributed by atoms with Crippen LogP contribution in [-0.4, -0.2) is 26.3 Å². The molecule has 0 unspecified atom stereocenters. The van der Waals surface area contributed by atoms with Crippen LogP contribution in [0.15, 0.2) is 18.2 Å². The van der Waals surface area contributed by atoms with Gasteiger partial charge in [0.05, 0.1) is 14.2 Å². The summed E-state index contributed by atoms with van der Waals surface area (Å²) in [7, 11) is 3.38. The van der Waals surface area contributed by atoms with Gasteiger partial charge in [0, 0.05) is 17.5 Å². The standard InChI is InChI=1S/C18H29NO2/c1-13-10-18(11-13,12-19-17(2,3)4)14-7-8-15(20-5)16(9-14)21-6/h7-9,13,19H,10-12H2,1-6H3. The Morgan fingerprint density at radius 3 is 2.24 bits per heavy atom. The second-order valence-electron chi connectivity index (χ2n) is 7.47. The fourth-order valence-electron chi connectivity index (χ4n) is 3.36. The molecule has 0 bridgehead atoms. The first kappa shape index (κ1) is 16.2. The molecule has 0 heterocycles. The molecule has 3 nitrogen and oxygen atoms in total. The van der Waals surface area contributed by atoms with Gasteiger partial charge in [-0.25, -0.2) is 0 Å². The maximum Gasteiger partial charge on any atom is 0.161 e. The fraction of sp³-hybridized carbons (Fsp3) is 0.667. The third-order valence-corrected chi connectivity index (χ3v) is 4.43. The van der Waals surface area contributed by atoms with E-state index < -0.39 is 0 Å². The van der Waals surface area contributed by atoms with Crippen LogP contribution in [-0.2, 0) is 5.41 Å². The molecule has 2 rings (SSSR count). The topological polar surface area (TPSA) is 30.5 Å². The van der Waals surface area contributed by atoms with Crippen LogP contribution in [0.5, 0.6) is 11.5 Å². The Morgan fingerprint density at radius 1 is 1.14 bits per heavy atom. The van der Waals surface area contributed by atoms with E-state index in [4.69, 9.17) is 9.47 Å². The predicted molar refractivity (Wildman–Crippen MR) is 87.4 cm³/mol. The highest BCUT2D eigenvalue weighted by Gasteiger charge is 2.44. The molecular weight excluding hydrogens is 262 g/mol. The molecule has 118 valence electrons. The Labute approximate surface area is 129 Å². The van der Waals surface area contributed by atoms with Gasteiger partial charge in [-0.1, -0.05) is 13.0 Å². The van der Waals surface area contributed by atoms with E-state index in [0.29, 0.717) is 0 Å². The zero-order chi connectivity index (χ0) is 15.7. The third-order valence-electron chi connectivity index (χ3n) is 4.43. The molecule has 0 spiro atoms. The zero-order valence-corrected chi connectivity index (χ0v) is 14.2. The lowest BCUT2D eigenvalue weighted by Crippen LogP contribution is -2.52. The van der Waals surface area contributed by atoms with Gasteiger partial charge in [-0.15, -0.1) is 0 Å². The summed E-state index contributed by atoms with van der Waals surface area (Å²) in [6.07, 6.45) is 2.46. The van der Waals surface area contributed by atoms with Crippen molar-refractivity contribution in [3.63, 3.8) is 0 Å². The molecule has 1 aliphatic carbocycles. The maximum absolute atomic E-state index is 5.47. The Morgan fingerprint density at radius 2 is 1.76 bits per heavy atom. The lowest BCUT2D eigenvalue weighted by Gasteiger charge is -2.48. The van der Waals surface area contributed by atoms with E-state index in [9.17, 15) is 0 Å². The van der Waals surface area contributed by atoms with Crippen LogP contribution in [0.2, 0.25) is 0 Å². The molecule has 0 aromatic heterocycles. The number of hydrogen-bond acceptors (Lipinski definition) is 3. The summed E-state index contributed by atoms with van der Waals surface area (Å²) in [5, 5.41) is 3.68. The minimum Gasteiger partial charge on any atom is -0.493 e. The monoisotopic (exact) mass is 291 g/mol. The average Bonchev–Trinajstić information content (AvgIpc) is 2.40. The van der Waals surface area contributed by atoms with Crippen molar-refractivity contribution in [3.05, 3.63) is 23.8 Å². The number of benzene rings is 1. The fourth-order valence-corrected chi connectivity index (χ4v) is 3.36. The SMILES string of the molecule is COc1ccc(C2(CNC(C)(C)C)CC(C)C2)cc1OC. The minimum atomic E-state index is 0.141. The molecule has 0 aliphatic heterocycles. The molecule has 1 aromatic carbocycles. The quantitative estimate of drug-likeness (QED) is 0.896. The molecule has 1 aliphatic rings. The van der Waals surface area contributed by atoms with Crippen LogP contribution in [0, 0.1) is 5.92 Å². The van der Waals surface area contributed by atoms with Gasteiger partial charge in [-0.3, -0.25) is 0 Å². The van der Waals surface area contributed by atoms with Crippen LogP contribution in [0.3, 0.4) is 0 Å². The number of rotatable bonds is 5. The van der Waals surface area contributed by atoms with Crippen molar-refractivity contribution in [3.8, 4) is 11.5 Å². The second kappa shape index (κ2) is 5.88. The highest BCUT2D eigenvalue weighted by molar-refractivity contribution is 5.46. The van der Waals surface area contributed by atoms with Crippen molar-refractivity contribution < 1.29 is 9.47 Å². The molecule has 1 aromatic rings. The summed E-state index contributed by atoms with van der Waals surface area (Å²) >= 11 is 0. The van der Waals surface area contributed by atoms with Crippen molar-refractivity contribution >= 4 is 0 Å². The van der Waals surface area contributed by atoms with Gasteiger partial charge < -0.3 is 14.8 Å². The van der Waals surface area contributed by atoms with Gasteiger partial charge in [0.15, 0.2) is 11.5 Å². The Balaban J connectivity index is 2.26. The van der Waals surface area contributed by atoms with E-state index in [0.717, 1.165) is 24.0 Å². The van der Waals surface area contributed by atoms with Gasteiger partial charge in [-0.2, -0.15) is 0 Å². The largest absolute Gasteiger partial charge is 0.493 e. The molecule has 0 amide bonds. The summed E-state index contributed by atoms with van der Waals surface area (Å²) < 4.78 is 10.8. The Hall–Kier alpha value is -1.22. The summed E-state index contributed by atoms with van der Waals surface area (Å²) in [6.45, 7) is 10.00. The van der Waals surface area contributed by atoms with Crippen molar-refractivity contribution in [1.82, 2.24) is 5.32 Å². The first-order valence-corrected chi connectivity index (χ1v) is 7.77. The number of methoxy groups -OCH3 is 2. The molecular formula is C18H29NO2. The Bertz CT molecular complexity index is 484. The first-order chi connectivity index (χ1) is 9.79. The third kappa shape index (κ3) is 3.52. The second-order valence-corrected chi connectivity index (χ2v) is 7.47.